The summed E-state index contributed by atoms with van der Waals surface area (Å²) in [7, 11) is 1.28. The fourth-order valence-corrected chi connectivity index (χ4v) is 2.79. The second-order valence-electron chi connectivity index (χ2n) is 6.82. The summed E-state index contributed by atoms with van der Waals surface area (Å²) in [6.07, 6.45) is -3.22. The quantitative estimate of drug-likeness (QED) is 0.481. The Balaban J connectivity index is 1.77. The Kier molecular flexibility index (Phi) is 6.71. The molecule has 0 saturated carbocycles. The van der Waals surface area contributed by atoms with E-state index in [1.165, 1.54) is 31.5 Å². The zero-order chi connectivity index (χ0) is 24.2. The van der Waals surface area contributed by atoms with E-state index in [1.54, 1.807) is 19.1 Å². The third-order valence-electron chi connectivity index (χ3n) is 4.43. The van der Waals surface area contributed by atoms with Crippen LogP contribution >= 0.6 is 0 Å². The molecule has 0 aliphatic heterocycles. The van der Waals surface area contributed by atoms with E-state index in [4.69, 9.17) is 15.2 Å². The summed E-state index contributed by atoms with van der Waals surface area (Å²) >= 11 is 0. The maximum atomic E-state index is 13.0. The fraction of sp³-hybridized carbons (Fsp3) is 0.136. The summed E-state index contributed by atoms with van der Waals surface area (Å²) in [4.78, 5) is 27.6. The van der Waals surface area contributed by atoms with Gasteiger partial charge in [-0.25, -0.2) is 4.79 Å². The van der Waals surface area contributed by atoms with Gasteiger partial charge in [0.1, 0.15) is 22.9 Å². The molecule has 0 aliphatic carbocycles. The number of amides is 3. The number of alkyl halides is 3. The molecule has 0 aliphatic rings. The highest BCUT2D eigenvalue weighted by Crippen LogP contribution is 2.35. The largest absolute Gasteiger partial charge is 0.495 e. The zero-order valence-electron chi connectivity index (χ0n) is 17.5. The van der Waals surface area contributed by atoms with E-state index in [0.717, 1.165) is 23.8 Å². The van der Waals surface area contributed by atoms with Gasteiger partial charge < -0.3 is 25.8 Å². The minimum atomic E-state index is -4.58. The topological polar surface area (TPSA) is 116 Å². The van der Waals surface area contributed by atoms with Crippen LogP contribution in [0.3, 0.4) is 0 Å². The summed E-state index contributed by atoms with van der Waals surface area (Å²) in [6, 6.07) is 9.64. The van der Waals surface area contributed by atoms with Crippen molar-refractivity contribution in [2.24, 2.45) is 5.73 Å². The van der Waals surface area contributed by atoms with E-state index in [1.807, 2.05) is 0 Å². The third kappa shape index (κ3) is 5.91. The highest BCUT2D eigenvalue weighted by atomic mass is 19.4. The van der Waals surface area contributed by atoms with E-state index >= 15 is 0 Å². The number of anilines is 2. The number of primary amides is 1. The molecule has 0 saturated heterocycles. The van der Waals surface area contributed by atoms with Crippen LogP contribution in [0.1, 0.15) is 21.6 Å². The summed E-state index contributed by atoms with van der Waals surface area (Å²) < 4.78 is 49.8. The van der Waals surface area contributed by atoms with Crippen molar-refractivity contribution in [3.63, 3.8) is 0 Å². The normalized spacial score (nSPS) is 10.9. The van der Waals surface area contributed by atoms with Gasteiger partial charge in [-0.15, -0.1) is 0 Å². The number of rotatable bonds is 6. The SMILES string of the molecule is COc1ccc(C(F)(F)F)cc1NC(=O)Nc1ccc(C)c(Oc2ccnc(C(N)=O)c2)c1. The monoisotopic (exact) mass is 460 g/mol. The standard InChI is InChI=1S/C22H19F3N4O4/c1-12-3-5-14(10-19(12)33-15-7-8-27-17(11-15)20(26)30)28-21(31)29-16-9-13(22(23,24)25)4-6-18(16)32-2/h3-11H,1-2H3,(H2,26,30)(H2,28,29,31). The van der Waals surface area contributed by atoms with Crippen molar-refractivity contribution >= 4 is 23.3 Å². The van der Waals surface area contributed by atoms with Crippen LogP contribution < -0.4 is 25.8 Å². The van der Waals surface area contributed by atoms with Crippen LogP contribution in [0.4, 0.5) is 29.3 Å². The maximum absolute atomic E-state index is 13.0. The molecule has 11 heteroatoms. The summed E-state index contributed by atoms with van der Waals surface area (Å²) in [6.45, 7) is 1.77. The molecule has 0 unspecified atom stereocenters. The van der Waals surface area contributed by atoms with E-state index in [2.05, 4.69) is 15.6 Å². The summed E-state index contributed by atoms with van der Waals surface area (Å²) in [5.41, 5.74) is 5.19. The molecular formula is C22H19F3N4O4. The zero-order valence-corrected chi connectivity index (χ0v) is 17.5. The first-order valence-electron chi connectivity index (χ1n) is 9.44. The van der Waals surface area contributed by atoms with Gasteiger partial charge in [-0.3, -0.25) is 9.78 Å². The number of nitrogens with zero attached hydrogens (tertiary/aromatic N) is 1. The summed E-state index contributed by atoms with van der Waals surface area (Å²) in [5, 5.41) is 4.88. The molecule has 3 aromatic rings. The molecule has 4 N–H and O–H groups in total. The first-order chi connectivity index (χ1) is 15.6. The molecule has 0 bridgehead atoms. The van der Waals surface area contributed by atoms with Crippen LogP contribution in [0.5, 0.6) is 17.2 Å². The summed E-state index contributed by atoms with van der Waals surface area (Å²) in [5.74, 6) is 0.0200. The van der Waals surface area contributed by atoms with Crippen molar-refractivity contribution in [3.05, 3.63) is 71.5 Å². The molecule has 33 heavy (non-hydrogen) atoms. The molecule has 3 amide bonds. The van der Waals surface area contributed by atoms with Gasteiger partial charge in [-0.2, -0.15) is 13.2 Å². The number of carbonyl (C=O) groups excluding carboxylic acids is 2. The van der Waals surface area contributed by atoms with E-state index in [9.17, 15) is 22.8 Å². The predicted octanol–water partition coefficient (Wildman–Crippen LogP) is 4.95. The number of pyridine rings is 1. The number of ether oxygens (including phenoxy) is 2. The van der Waals surface area contributed by atoms with Gasteiger partial charge in [0.05, 0.1) is 18.4 Å². The lowest BCUT2D eigenvalue weighted by Gasteiger charge is -2.15. The first-order valence-corrected chi connectivity index (χ1v) is 9.44. The second kappa shape index (κ2) is 9.47. The molecule has 3 rings (SSSR count). The third-order valence-corrected chi connectivity index (χ3v) is 4.43. The first kappa shape index (κ1) is 23.4. The number of hydrogen-bond acceptors (Lipinski definition) is 5. The number of carbonyl (C=O) groups is 2. The number of nitrogens with one attached hydrogen (secondary N) is 2. The van der Waals surface area contributed by atoms with Crippen molar-refractivity contribution in [2.75, 3.05) is 17.7 Å². The van der Waals surface area contributed by atoms with Crippen molar-refractivity contribution in [2.45, 2.75) is 13.1 Å². The van der Waals surface area contributed by atoms with Crippen molar-refractivity contribution < 1.29 is 32.2 Å². The van der Waals surface area contributed by atoms with Crippen LogP contribution in [0.15, 0.2) is 54.7 Å². The van der Waals surface area contributed by atoms with Crippen molar-refractivity contribution in [1.29, 1.82) is 0 Å². The lowest BCUT2D eigenvalue weighted by molar-refractivity contribution is -0.137. The van der Waals surface area contributed by atoms with E-state index in [0.29, 0.717) is 17.2 Å². The smallest absolute Gasteiger partial charge is 0.416 e. The Morgan fingerprint density at radius 2 is 1.76 bits per heavy atom. The lowest BCUT2D eigenvalue weighted by Crippen LogP contribution is -2.20. The highest BCUT2D eigenvalue weighted by Gasteiger charge is 2.31. The van der Waals surface area contributed by atoms with Crippen molar-refractivity contribution in [3.8, 4) is 17.2 Å². The Morgan fingerprint density at radius 3 is 2.42 bits per heavy atom. The average Bonchev–Trinajstić information content (AvgIpc) is 2.75. The predicted molar refractivity (Wildman–Crippen MR) is 115 cm³/mol. The second-order valence-corrected chi connectivity index (χ2v) is 6.82. The van der Waals surface area contributed by atoms with Gasteiger partial charge in [0.2, 0.25) is 0 Å². The molecule has 1 aromatic heterocycles. The Morgan fingerprint density at radius 1 is 1.00 bits per heavy atom. The number of urea groups is 1. The van der Waals surface area contributed by atoms with Gasteiger partial charge in [0, 0.05) is 24.0 Å². The van der Waals surface area contributed by atoms with Crippen LogP contribution in [-0.2, 0) is 6.18 Å². The number of methoxy groups -OCH3 is 1. The highest BCUT2D eigenvalue weighted by molar-refractivity contribution is 6.01. The van der Waals surface area contributed by atoms with Crippen molar-refractivity contribution in [1.82, 2.24) is 4.98 Å². The van der Waals surface area contributed by atoms with Crippen LogP contribution in [0.25, 0.3) is 0 Å². The fourth-order valence-electron chi connectivity index (χ4n) is 2.79. The number of aryl methyl sites for hydroxylation is 1. The Labute approximate surface area is 186 Å². The van der Waals surface area contributed by atoms with Gasteiger partial charge in [-0.1, -0.05) is 6.07 Å². The van der Waals surface area contributed by atoms with Gasteiger partial charge in [-0.05, 0) is 42.8 Å². The molecule has 172 valence electrons. The molecule has 0 spiro atoms. The van der Waals surface area contributed by atoms with Gasteiger partial charge in [0.15, 0.2) is 0 Å². The van der Waals surface area contributed by atoms with Crippen LogP contribution in [0.2, 0.25) is 0 Å². The maximum Gasteiger partial charge on any atom is 0.416 e. The minimum absolute atomic E-state index is 0.0221. The minimum Gasteiger partial charge on any atom is -0.495 e. The van der Waals surface area contributed by atoms with E-state index in [-0.39, 0.29) is 17.1 Å². The number of halogens is 3. The molecule has 1 heterocycles. The van der Waals surface area contributed by atoms with Crippen LogP contribution in [0, 0.1) is 6.92 Å². The van der Waals surface area contributed by atoms with Crippen LogP contribution in [-0.4, -0.2) is 24.0 Å². The molecular weight excluding hydrogens is 441 g/mol. The Bertz CT molecular complexity index is 1200. The molecule has 2 aromatic carbocycles. The van der Waals surface area contributed by atoms with E-state index < -0.39 is 23.7 Å². The molecule has 8 nitrogen and oxygen atoms in total. The number of benzene rings is 2. The lowest BCUT2D eigenvalue weighted by atomic mass is 10.1. The van der Waals surface area contributed by atoms with Gasteiger partial charge >= 0.3 is 12.2 Å². The number of hydrogen-bond donors (Lipinski definition) is 3. The molecule has 0 fully saturated rings. The average molecular weight is 460 g/mol. The number of nitrogens with two attached hydrogens (primary N) is 1. The Hall–Kier alpha value is -4.28. The number of aromatic nitrogens is 1. The molecule has 0 radical (unpaired) electrons. The van der Waals surface area contributed by atoms with Gasteiger partial charge in [0.25, 0.3) is 5.91 Å². The molecule has 0 atom stereocenters.